The van der Waals surface area contributed by atoms with Gasteiger partial charge in [0.2, 0.25) is 0 Å². The highest BCUT2D eigenvalue weighted by Crippen LogP contribution is 2.32. The van der Waals surface area contributed by atoms with Crippen molar-refractivity contribution in [1.82, 2.24) is 9.13 Å². The van der Waals surface area contributed by atoms with Crippen molar-refractivity contribution in [3.8, 4) is 11.4 Å². The van der Waals surface area contributed by atoms with E-state index in [1.54, 1.807) is 11.7 Å². The number of allylic oxidation sites excluding steroid dienone is 1. The van der Waals surface area contributed by atoms with Crippen LogP contribution in [0, 0.1) is 13.8 Å². The van der Waals surface area contributed by atoms with E-state index in [4.69, 9.17) is 9.73 Å². The number of methoxy groups -OCH3 is 1. The maximum absolute atomic E-state index is 14.2. The van der Waals surface area contributed by atoms with Crippen molar-refractivity contribution in [2.75, 3.05) is 12.4 Å². The van der Waals surface area contributed by atoms with E-state index in [-0.39, 0.29) is 11.5 Å². The summed E-state index contributed by atoms with van der Waals surface area (Å²) in [5.41, 5.74) is 6.25. The van der Waals surface area contributed by atoms with E-state index in [2.05, 4.69) is 50.9 Å². The molecular weight excluding hydrogens is 624 g/mol. The monoisotopic (exact) mass is 652 g/mol. The van der Waals surface area contributed by atoms with Crippen LogP contribution in [0.1, 0.15) is 35.5 Å². The highest BCUT2D eigenvalue weighted by molar-refractivity contribution is 9.10. The standard InChI is InChI=1S/C34H29BrN4O3S/c1-20-17-24(22(3)38(20)27-15-13-25(35)14-16-27)19-29-33(41)39-31(23-9-8-12-28(18-23)42-4)30(21(2)36-34(39)43-29)32(40)37-26-10-6-5-7-11-26/h5-19,31H,1-4H3,(H,37,40)/b29-19-/t31-/m0/s1. The Kier molecular flexibility index (Phi) is 7.77. The van der Waals surface area contributed by atoms with E-state index in [1.807, 2.05) is 86.7 Å². The molecule has 2 aromatic heterocycles. The molecule has 0 unspecified atom stereocenters. The average Bonchev–Trinajstić information content (AvgIpc) is 3.46. The Bertz CT molecular complexity index is 2070. The van der Waals surface area contributed by atoms with Gasteiger partial charge in [0.15, 0.2) is 4.80 Å². The minimum atomic E-state index is -0.688. The molecule has 1 amide bonds. The maximum Gasteiger partial charge on any atom is 0.271 e. The number of ether oxygens (including phenoxy) is 1. The van der Waals surface area contributed by atoms with Crippen molar-refractivity contribution in [2.24, 2.45) is 4.99 Å². The number of aromatic nitrogens is 2. The number of aryl methyl sites for hydroxylation is 1. The molecule has 7 nitrogen and oxygen atoms in total. The third-order valence-corrected chi connectivity index (χ3v) is 9.06. The SMILES string of the molecule is COc1cccc([C@H]2C(C(=O)Nc3ccccc3)=C(C)N=c3s/c(=C\c4cc(C)n(-c5ccc(Br)cc5)c4C)c(=O)n32)c1. The number of rotatable bonds is 6. The fraction of sp³-hybridized carbons (Fsp3) is 0.147. The van der Waals surface area contributed by atoms with Gasteiger partial charge in [-0.15, -0.1) is 0 Å². The number of carbonyl (C=O) groups is 1. The molecule has 6 rings (SSSR count). The number of halogens is 1. The van der Waals surface area contributed by atoms with Gasteiger partial charge in [-0.25, -0.2) is 4.99 Å². The molecule has 0 spiro atoms. The zero-order chi connectivity index (χ0) is 30.2. The van der Waals surface area contributed by atoms with Crippen molar-refractivity contribution in [3.05, 3.63) is 143 Å². The molecule has 43 heavy (non-hydrogen) atoms. The second kappa shape index (κ2) is 11.7. The zero-order valence-corrected chi connectivity index (χ0v) is 26.5. The molecule has 3 aromatic carbocycles. The number of para-hydroxylation sites is 1. The highest BCUT2D eigenvalue weighted by Gasteiger charge is 2.33. The Hall–Kier alpha value is -4.47. The van der Waals surface area contributed by atoms with Crippen LogP contribution in [0.15, 0.2) is 110 Å². The molecule has 1 atom stereocenters. The molecule has 0 fully saturated rings. The van der Waals surface area contributed by atoms with Gasteiger partial charge in [0.05, 0.1) is 29.0 Å². The number of fused-ring (bicyclic) bond motifs is 1. The van der Waals surface area contributed by atoms with E-state index in [0.717, 1.165) is 32.7 Å². The molecule has 9 heteroatoms. The second-order valence-electron chi connectivity index (χ2n) is 10.3. The van der Waals surface area contributed by atoms with E-state index in [1.165, 1.54) is 11.3 Å². The number of hydrogen-bond donors (Lipinski definition) is 1. The number of anilines is 1. The fourth-order valence-electron chi connectivity index (χ4n) is 5.52. The third kappa shape index (κ3) is 5.42. The molecular formula is C34H29BrN4O3S. The first-order chi connectivity index (χ1) is 20.7. The van der Waals surface area contributed by atoms with Gasteiger partial charge in [0, 0.05) is 27.2 Å². The van der Waals surface area contributed by atoms with E-state index in [9.17, 15) is 9.59 Å². The van der Waals surface area contributed by atoms with Crippen molar-refractivity contribution in [2.45, 2.75) is 26.8 Å². The molecule has 5 aromatic rings. The molecule has 0 saturated carbocycles. The van der Waals surface area contributed by atoms with Gasteiger partial charge < -0.3 is 14.6 Å². The summed E-state index contributed by atoms with van der Waals surface area (Å²) in [7, 11) is 1.60. The Morgan fingerprint density at radius 2 is 1.74 bits per heavy atom. The van der Waals surface area contributed by atoms with Crippen LogP contribution in [0.2, 0.25) is 0 Å². The summed E-state index contributed by atoms with van der Waals surface area (Å²) in [5.74, 6) is 0.324. The van der Waals surface area contributed by atoms with Crippen molar-refractivity contribution in [1.29, 1.82) is 0 Å². The normalized spacial score (nSPS) is 14.8. The lowest BCUT2D eigenvalue weighted by molar-refractivity contribution is -0.113. The van der Waals surface area contributed by atoms with E-state index in [0.29, 0.717) is 32.0 Å². The van der Waals surface area contributed by atoms with Gasteiger partial charge >= 0.3 is 0 Å². The van der Waals surface area contributed by atoms with Gasteiger partial charge in [-0.3, -0.25) is 14.2 Å². The summed E-state index contributed by atoms with van der Waals surface area (Å²) >= 11 is 4.83. The zero-order valence-electron chi connectivity index (χ0n) is 24.1. The Morgan fingerprint density at radius 1 is 1.00 bits per heavy atom. The molecule has 0 radical (unpaired) electrons. The van der Waals surface area contributed by atoms with Crippen LogP contribution in [-0.2, 0) is 4.79 Å². The summed E-state index contributed by atoms with van der Waals surface area (Å²) in [6.07, 6.45) is 1.92. The van der Waals surface area contributed by atoms with Gasteiger partial charge in [0.25, 0.3) is 11.5 Å². The first-order valence-corrected chi connectivity index (χ1v) is 15.3. The van der Waals surface area contributed by atoms with Crippen LogP contribution in [0.5, 0.6) is 5.75 Å². The number of nitrogens with one attached hydrogen (secondary N) is 1. The van der Waals surface area contributed by atoms with Gasteiger partial charge in [-0.1, -0.05) is 57.6 Å². The number of carbonyl (C=O) groups excluding carboxylic acids is 1. The van der Waals surface area contributed by atoms with Crippen LogP contribution in [-0.4, -0.2) is 22.2 Å². The van der Waals surface area contributed by atoms with Gasteiger partial charge in [0.1, 0.15) is 5.75 Å². The lowest BCUT2D eigenvalue weighted by Crippen LogP contribution is -2.40. The highest BCUT2D eigenvalue weighted by atomic mass is 79.9. The summed E-state index contributed by atoms with van der Waals surface area (Å²) < 4.78 is 10.9. The minimum Gasteiger partial charge on any atom is -0.497 e. The van der Waals surface area contributed by atoms with Crippen molar-refractivity contribution >= 4 is 44.9 Å². The molecule has 1 aliphatic heterocycles. The average molecular weight is 654 g/mol. The predicted molar refractivity (Wildman–Crippen MR) is 175 cm³/mol. The molecule has 1 N–H and O–H groups in total. The number of nitrogens with zero attached hydrogens (tertiary/aromatic N) is 3. The topological polar surface area (TPSA) is 77.6 Å². The number of benzene rings is 3. The van der Waals surface area contributed by atoms with Crippen LogP contribution in [0.25, 0.3) is 11.8 Å². The van der Waals surface area contributed by atoms with Crippen LogP contribution in [0.4, 0.5) is 5.69 Å². The third-order valence-electron chi connectivity index (χ3n) is 7.55. The molecule has 0 bridgehead atoms. The predicted octanol–water partition coefficient (Wildman–Crippen LogP) is 6.05. The molecule has 0 saturated heterocycles. The molecule has 1 aliphatic rings. The fourth-order valence-corrected chi connectivity index (χ4v) is 6.82. The van der Waals surface area contributed by atoms with Crippen molar-refractivity contribution < 1.29 is 9.53 Å². The largest absolute Gasteiger partial charge is 0.497 e. The smallest absolute Gasteiger partial charge is 0.271 e. The second-order valence-corrected chi connectivity index (χ2v) is 12.2. The summed E-state index contributed by atoms with van der Waals surface area (Å²) in [4.78, 5) is 33.3. The Balaban J connectivity index is 1.50. The summed E-state index contributed by atoms with van der Waals surface area (Å²) in [5, 5.41) is 2.99. The number of hydrogen-bond acceptors (Lipinski definition) is 5. The molecule has 216 valence electrons. The first-order valence-electron chi connectivity index (χ1n) is 13.7. The molecule has 3 heterocycles. The first kappa shape index (κ1) is 28.6. The Morgan fingerprint density at radius 3 is 2.47 bits per heavy atom. The van der Waals surface area contributed by atoms with Crippen LogP contribution < -0.4 is 24.9 Å². The van der Waals surface area contributed by atoms with E-state index >= 15 is 0 Å². The lowest BCUT2D eigenvalue weighted by Gasteiger charge is -2.25. The van der Waals surface area contributed by atoms with E-state index < -0.39 is 6.04 Å². The quantitative estimate of drug-likeness (QED) is 0.243. The van der Waals surface area contributed by atoms with Gasteiger partial charge in [-0.2, -0.15) is 0 Å². The van der Waals surface area contributed by atoms with Gasteiger partial charge in [-0.05, 0) is 92.6 Å². The number of thiazole rings is 1. The van der Waals surface area contributed by atoms with Crippen LogP contribution >= 0.6 is 27.3 Å². The summed E-state index contributed by atoms with van der Waals surface area (Å²) in [6.45, 7) is 5.92. The maximum atomic E-state index is 14.2. The Labute approximate surface area is 261 Å². The van der Waals surface area contributed by atoms with Crippen LogP contribution in [0.3, 0.4) is 0 Å². The number of amides is 1. The minimum absolute atomic E-state index is 0.206. The molecule has 0 aliphatic carbocycles. The lowest BCUT2D eigenvalue weighted by atomic mass is 9.95. The summed E-state index contributed by atoms with van der Waals surface area (Å²) in [6, 6.07) is 26.3. The van der Waals surface area contributed by atoms with Crippen molar-refractivity contribution in [3.63, 3.8) is 0 Å².